The van der Waals surface area contributed by atoms with Crippen molar-refractivity contribution in [3.05, 3.63) is 12.4 Å². The largest absolute Gasteiger partial charge is 0.303 e. The summed E-state index contributed by atoms with van der Waals surface area (Å²) in [5.74, 6) is 0. The number of hydrogen-bond acceptors (Lipinski definition) is 4. The highest BCUT2D eigenvalue weighted by Gasteiger charge is 2.24. The number of rotatable bonds is 5. The lowest BCUT2D eigenvalue weighted by Crippen LogP contribution is -2.44. The number of aryl methyl sites for hydroxylation is 1. The zero-order chi connectivity index (χ0) is 13.9. The Morgan fingerprint density at radius 1 is 1.40 bits per heavy atom. The summed E-state index contributed by atoms with van der Waals surface area (Å²) in [6.45, 7) is 5.20. The Hall–Kier alpha value is -0.630. The molecule has 1 fully saturated rings. The predicted molar refractivity (Wildman–Crippen MR) is 80.5 cm³/mol. The van der Waals surface area contributed by atoms with Crippen molar-refractivity contribution in [1.82, 2.24) is 19.4 Å². The highest BCUT2D eigenvalue weighted by Crippen LogP contribution is 2.14. The maximum absolute atomic E-state index is 12.1. The number of sulfonamides is 1. The Morgan fingerprint density at radius 3 is 2.55 bits per heavy atom. The summed E-state index contributed by atoms with van der Waals surface area (Å²) < 4.78 is 28.6. The van der Waals surface area contributed by atoms with Crippen LogP contribution in [0.1, 0.15) is 26.2 Å². The molecule has 20 heavy (non-hydrogen) atoms. The number of likely N-dealkylation sites (tertiary alicyclic amines) is 1. The summed E-state index contributed by atoms with van der Waals surface area (Å²) in [6.07, 6.45) is 5.80. The van der Waals surface area contributed by atoms with Crippen LogP contribution in [-0.4, -0.2) is 48.8 Å². The van der Waals surface area contributed by atoms with Crippen LogP contribution in [0.15, 0.2) is 17.3 Å². The van der Waals surface area contributed by atoms with Crippen molar-refractivity contribution in [2.45, 2.75) is 37.1 Å². The highest BCUT2D eigenvalue weighted by atomic mass is 35.5. The van der Waals surface area contributed by atoms with E-state index in [2.05, 4.69) is 21.6 Å². The second-order valence-corrected chi connectivity index (χ2v) is 6.80. The number of nitrogens with zero attached hydrogens (tertiary/aromatic N) is 3. The normalized spacial score (nSPS) is 17.9. The molecule has 0 unspecified atom stereocenters. The van der Waals surface area contributed by atoms with Gasteiger partial charge in [-0.25, -0.2) is 13.1 Å². The average Bonchev–Trinajstić information content (AvgIpc) is 2.79. The van der Waals surface area contributed by atoms with E-state index >= 15 is 0 Å². The van der Waals surface area contributed by atoms with Gasteiger partial charge in [0.05, 0.1) is 6.20 Å². The van der Waals surface area contributed by atoms with Gasteiger partial charge < -0.3 is 4.90 Å². The molecule has 2 heterocycles. The third-order valence-corrected chi connectivity index (χ3v) is 4.92. The molecule has 8 heteroatoms. The van der Waals surface area contributed by atoms with Crippen LogP contribution in [0.25, 0.3) is 0 Å². The van der Waals surface area contributed by atoms with E-state index in [1.54, 1.807) is 7.05 Å². The van der Waals surface area contributed by atoms with E-state index in [9.17, 15) is 8.42 Å². The summed E-state index contributed by atoms with van der Waals surface area (Å²) in [5.41, 5.74) is 0. The zero-order valence-electron chi connectivity index (χ0n) is 11.9. The molecular formula is C12H23ClN4O2S. The third-order valence-electron chi connectivity index (χ3n) is 3.44. The molecule has 116 valence electrons. The van der Waals surface area contributed by atoms with Crippen molar-refractivity contribution < 1.29 is 8.42 Å². The summed E-state index contributed by atoms with van der Waals surface area (Å²) in [5, 5.41) is 3.90. The highest BCUT2D eigenvalue weighted by molar-refractivity contribution is 7.89. The maximum Gasteiger partial charge on any atom is 0.243 e. The molecule has 1 aromatic rings. The standard InChI is InChI=1S/C12H22N4O2S.ClH/c1-3-6-16-7-4-11(5-8-16)14-19(17,18)12-9-13-15(2)10-12;/h9-11,14H,3-8H2,1-2H3;1H. The van der Waals surface area contributed by atoms with Crippen LogP contribution < -0.4 is 4.72 Å². The zero-order valence-corrected chi connectivity index (χ0v) is 13.6. The van der Waals surface area contributed by atoms with Crippen molar-refractivity contribution in [1.29, 1.82) is 0 Å². The topological polar surface area (TPSA) is 67.2 Å². The summed E-state index contributed by atoms with van der Waals surface area (Å²) >= 11 is 0. The van der Waals surface area contributed by atoms with Gasteiger partial charge in [-0.2, -0.15) is 5.10 Å². The average molecular weight is 323 g/mol. The SMILES string of the molecule is CCCN1CCC(NS(=O)(=O)c2cnn(C)c2)CC1.Cl. The quantitative estimate of drug-likeness (QED) is 0.878. The van der Waals surface area contributed by atoms with Gasteiger partial charge in [-0.1, -0.05) is 6.92 Å². The van der Waals surface area contributed by atoms with Gasteiger partial charge in [0.15, 0.2) is 0 Å². The second-order valence-electron chi connectivity index (χ2n) is 5.09. The molecule has 0 atom stereocenters. The van der Waals surface area contributed by atoms with Gasteiger partial charge in [-0.15, -0.1) is 12.4 Å². The maximum atomic E-state index is 12.1. The molecule has 0 aliphatic carbocycles. The van der Waals surface area contributed by atoms with Gasteiger partial charge in [0.1, 0.15) is 4.90 Å². The first-order valence-electron chi connectivity index (χ1n) is 6.74. The molecule has 0 amide bonds. The lowest BCUT2D eigenvalue weighted by Gasteiger charge is -2.31. The molecule has 0 radical (unpaired) electrons. The first-order valence-corrected chi connectivity index (χ1v) is 8.23. The molecule has 2 rings (SSSR count). The van der Waals surface area contributed by atoms with E-state index < -0.39 is 10.0 Å². The molecule has 1 aliphatic heterocycles. The van der Waals surface area contributed by atoms with E-state index in [1.165, 1.54) is 17.1 Å². The van der Waals surface area contributed by atoms with Crippen LogP contribution in [0, 0.1) is 0 Å². The van der Waals surface area contributed by atoms with Crippen molar-refractivity contribution in [3.63, 3.8) is 0 Å². The van der Waals surface area contributed by atoms with Crippen LogP contribution in [0.4, 0.5) is 0 Å². The van der Waals surface area contributed by atoms with Gasteiger partial charge in [0.2, 0.25) is 10.0 Å². The first kappa shape index (κ1) is 17.4. The van der Waals surface area contributed by atoms with E-state index in [-0.39, 0.29) is 23.3 Å². The van der Waals surface area contributed by atoms with Crippen LogP contribution in [0.3, 0.4) is 0 Å². The fraction of sp³-hybridized carbons (Fsp3) is 0.750. The number of nitrogens with one attached hydrogen (secondary N) is 1. The Morgan fingerprint density at radius 2 is 2.05 bits per heavy atom. The van der Waals surface area contributed by atoms with Crippen LogP contribution >= 0.6 is 12.4 Å². The van der Waals surface area contributed by atoms with Gasteiger partial charge in [-0.3, -0.25) is 4.68 Å². The van der Waals surface area contributed by atoms with E-state index in [0.29, 0.717) is 0 Å². The van der Waals surface area contributed by atoms with Gasteiger partial charge in [0.25, 0.3) is 0 Å². The number of halogens is 1. The van der Waals surface area contributed by atoms with Gasteiger partial charge in [0, 0.05) is 19.3 Å². The number of hydrogen-bond donors (Lipinski definition) is 1. The minimum Gasteiger partial charge on any atom is -0.303 e. The molecule has 1 aromatic heterocycles. The van der Waals surface area contributed by atoms with Crippen LogP contribution in [-0.2, 0) is 17.1 Å². The van der Waals surface area contributed by atoms with Gasteiger partial charge >= 0.3 is 0 Å². The number of aromatic nitrogens is 2. The van der Waals surface area contributed by atoms with E-state index in [0.717, 1.165) is 38.9 Å². The van der Waals surface area contributed by atoms with Crippen LogP contribution in [0.5, 0.6) is 0 Å². The fourth-order valence-electron chi connectivity index (χ4n) is 2.42. The van der Waals surface area contributed by atoms with E-state index in [1.807, 2.05) is 0 Å². The molecule has 1 saturated heterocycles. The minimum atomic E-state index is -3.42. The number of piperidine rings is 1. The lowest BCUT2D eigenvalue weighted by atomic mass is 10.1. The van der Waals surface area contributed by atoms with Crippen LogP contribution in [0.2, 0.25) is 0 Å². The predicted octanol–water partition coefficient (Wildman–Crippen LogP) is 0.995. The molecule has 1 N–H and O–H groups in total. The first-order chi connectivity index (χ1) is 9.01. The van der Waals surface area contributed by atoms with E-state index in [4.69, 9.17) is 0 Å². The smallest absolute Gasteiger partial charge is 0.243 e. The van der Waals surface area contributed by atoms with Crippen molar-refractivity contribution in [3.8, 4) is 0 Å². The fourth-order valence-corrected chi connectivity index (χ4v) is 3.70. The van der Waals surface area contributed by atoms with Crippen molar-refractivity contribution >= 4 is 22.4 Å². The summed E-state index contributed by atoms with van der Waals surface area (Å²) in [7, 11) is -1.71. The molecule has 6 nitrogen and oxygen atoms in total. The lowest BCUT2D eigenvalue weighted by molar-refractivity contribution is 0.208. The van der Waals surface area contributed by atoms with Crippen molar-refractivity contribution in [2.75, 3.05) is 19.6 Å². The summed E-state index contributed by atoms with van der Waals surface area (Å²) in [6, 6.07) is 0.0401. The molecule has 1 aliphatic rings. The Balaban J connectivity index is 0.00000200. The molecule has 0 saturated carbocycles. The Kier molecular flexibility index (Phi) is 6.44. The monoisotopic (exact) mass is 322 g/mol. The molecular weight excluding hydrogens is 300 g/mol. The second kappa shape index (κ2) is 7.40. The molecule has 0 spiro atoms. The van der Waals surface area contributed by atoms with Gasteiger partial charge in [-0.05, 0) is 38.9 Å². The Bertz CT molecular complexity index is 509. The molecule has 0 bridgehead atoms. The Labute approximate surface area is 127 Å². The third kappa shape index (κ3) is 4.44. The van der Waals surface area contributed by atoms with Crippen molar-refractivity contribution in [2.24, 2.45) is 7.05 Å². The minimum absolute atomic E-state index is 0. The summed E-state index contributed by atoms with van der Waals surface area (Å²) in [4.78, 5) is 2.63. The molecule has 0 aromatic carbocycles.